The van der Waals surface area contributed by atoms with E-state index in [1.165, 1.54) is 11.5 Å². The van der Waals surface area contributed by atoms with Crippen LogP contribution in [-0.4, -0.2) is 0 Å². The van der Waals surface area contributed by atoms with Crippen molar-refractivity contribution in [2.45, 2.75) is 11.5 Å². The Labute approximate surface area is 96.3 Å². The van der Waals surface area contributed by atoms with Crippen LogP contribution in [0.3, 0.4) is 0 Å². The minimum atomic E-state index is -1.14. The van der Waals surface area contributed by atoms with Gasteiger partial charge in [-0.3, -0.25) is 0 Å². The molecule has 1 aromatic carbocycles. The molecule has 0 saturated carbocycles. The maximum absolute atomic E-state index is 4.99. The van der Waals surface area contributed by atoms with Gasteiger partial charge in [-0.15, -0.1) is 0 Å². The van der Waals surface area contributed by atoms with E-state index in [2.05, 4.69) is 24.3 Å². The number of benzene rings is 1. The van der Waals surface area contributed by atoms with E-state index >= 15 is 0 Å². The number of halogens is 2. The molecule has 0 nitrogen and oxygen atoms in total. The van der Waals surface area contributed by atoms with Crippen LogP contribution in [0, 0.1) is 0 Å². The first-order chi connectivity index (χ1) is 5.88. The molecule has 0 saturated heterocycles. The second-order valence-corrected chi connectivity index (χ2v) is 11.4. The maximum Gasteiger partial charge on any atom is 0.131 e. The van der Waals surface area contributed by atoms with E-state index in [9.17, 15) is 0 Å². The number of fused-ring (bicyclic) bond motifs is 1. The van der Waals surface area contributed by atoms with E-state index in [-0.39, 0.29) is 0 Å². The zero-order valence-electron chi connectivity index (χ0n) is 6.63. The van der Waals surface area contributed by atoms with E-state index in [0.717, 1.165) is 0 Å². The normalized spacial score (nSPS) is 12.5. The van der Waals surface area contributed by atoms with Crippen LogP contribution < -0.4 is 0 Å². The minimum Gasteiger partial charge on any atom is -0.0618 e. The van der Waals surface area contributed by atoms with Crippen molar-refractivity contribution in [1.29, 1.82) is 0 Å². The molecule has 2 rings (SSSR count). The van der Waals surface area contributed by atoms with E-state index in [0.29, 0.717) is 0 Å². The first-order valence-electron chi connectivity index (χ1n) is 3.70. The molecule has 1 aliphatic rings. The van der Waals surface area contributed by atoms with Crippen molar-refractivity contribution < 1.29 is 22.1 Å². The standard InChI is InChI=1S/C8H8S.2ClH.Hg/c1-2-4-8-6-9-5-7(8)3-1;;;/h1-4H,5-6H2;2*1H;/q;;;+2/p-1. The second-order valence-electron chi connectivity index (χ2n) is 2.41. The molecule has 0 aliphatic carbocycles. The fourth-order valence-corrected chi connectivity index (χ4v) is 2.37. The van der Waals surface area contributed by atoms with Gasteiger partial charge in [0.15, 0.2) is 0 Å². The van der Waals surface area contributed by atoms with Gasteiger partial charge in [0.25, 0.3) is 0 Å². The van der Waals surface area contributed by atoms with Gasteiger partial charge < -0.3 is 0 Å². The Kier molecular flexibility index (Phi) is 6.07. The Balaban J connectivity index is 0.000000213. The van der Waals surface area contributed by atoms with Crippen molar-refractivity contribution in [3.05, 3.63) is 35.4 Å². The zero-order chi connectivity index (χ0) is 8.81. The fourth-order valence-electron chi connectivity index (χ4n) is 1.16. The maximum atomic E-state index is 4.99. The molecule has 0 fully saturated rings. The van der Waals surface area contributed by atoms with Crippen LogP contribution in [0.4, 0.5) is 0 Å². The van der Waals surface area contributed by atoms with Crippen molar-refractivity contribution in [3.63, 3.8) is 0 Å². The molecule has 1 heterocycles. The van der Waals surface area contributed by atoms with Gasteiger partial charge in [0, 0.05) is 11.1 Å². The summed E-state index contributed by atoms with van der Waals surface area (Å²) in [5.41, 5.74) is 3.11. The van der Waals surface area contributed by atoms with Gasteiger partial charge in [-0.25, -0.2) is 0 Å². The molecule has 12 heavy (non-hydrogen) atoms. The van der Waals surface area contributed by atoms with E-state index < -0.39 is 22.1 Å². The molecular weight excluding hydrogens is 400 g/mol. The van der Waals surface area contributed by atoms with Crippen molar-refractivity contribution in [3.8, 4) is 0 Å². The van der Waals surface area contributed by atoms with Gasteiger partial charge >= 0.3 is 38.6 Å². The van der Waals surface area contributed by atoms with E-state index in [4.69, 9.17) is 16.5 Å². The summed E-state index contributed by atoms with van der Waals surface area (Å²) in [6, 6.07) is 8.71. The van der Waals surface area contributed by atoms with Gasteiger partial charge in [-0.1, -0.05) is 24.3 Å². The molecule has 1 aliphatic heterocycles. The van der Waals surface area contributed by atoms with Gasteiger partial charge in [0.1, 0.15) is 11.5 Å². The predicted octanol–water partition coefficient (Wildman–Crippen LogP) is 2.89. The number of hydrogen-bond acceptors (Lipinski definition) is 0. The number of thiol groups is 1. The van der Waals surface area contributed by atoms with Crippen molar-refractivity contribution in [1.82, 2.24) is 0 Å². The molecule has 0 atom stereocenters. The molecular formula is C8H9Cl2HgS+. The summed E-state index contributed by atoms with van der Waals surface area (Å²) in [7, 11) is 9.97. The summed E-state index contributed by atoms with van der Waals surface area (Å²) >= 11 is 0.436. The van der Waals surface area contributed by atoms with Gasteiger partial charge in [0.05, 0.1) is 0 Å². The van der Waals surface area contributed by atoms with E-state index in [1.807, 2.05) is 0 Å². The third-order valence-corrected chi connectivity index (χ3v) is 2.81. The van der Waals surface area contributed by atoms with Crippen LogP contribution in [0.25, 0.3) is 0 Å². The van der Waals surface area contributed by atoms with Crippen LogP contribution in [0.5, 0.6) is 0 Å². The molecule has 0 N–H and O–H groups in total. The summed E-state index contributed by atoms with van der Waals surface area (Å²) in [5.74, 6) is 2.55. The van der Waals surface area contributed by atoms with Gasteiger partial charge in [-0.05, 0) is 11.8 Å². The molecule has 0 radical (unpaired) electrons. The molecule has 1 aromatic rings. The van der Waals surface area contributed by atoms with Gasteiger partial charge in [0.2, 0.25) is 0 Å². The Morgan fingerprint density at radius 3 is 1.92 bits per heavy atom. The zero-order valence-corrected chi connectivity index (χ0v) is 14.5. The molecule has 0 bridgehead atoms. The van der Waals surface area contributed by atoms with Crippen LogP contribution >= 0.6 is 16.5 Å². The van der Waals surface area contributed by atoms with Crippen LogP contribution in [-0.2, 0) is 45.4 Å². The smallest absolute Gasteiger partial charge is 0.0618 e. The minimum absolute atomic E-state index is 1.14. The van der Waals surface area contributed by atoms with Crippen molar-refractivity contribution >= 4 is 28.3 Å². The van der Waals surface area contributed by atoms with Crippen LogP contribution in [0.15, 0.2) is 24.3 Å². The molecule has 62 valence electrons. The van der Waals surface area contributed by atoms with Crippen LogP contribution in [0.2, 0.25) is 0 Å². The molecule has 0 amide bonds. The SMILES string of the molecule is [Cl][Hg][Cl].c1ccc2c(c1)C[SH+]C2. The predicted molar refractivity (Wildman–Crippen MR) is 54.3 cm³/mol. The Bertz CT molecular complexity index is 219. The number of rotatable bonds is 0. The average Bonchev–Trinajstić information content (AvgIpc) is 2.52. The fraction of sp³-hybridized carbons (Fsp3) is 0.250. The number of hydrogen-bond donors (Lipinski definition) is 0. The van der Waals surface area contributed by atoms with E-state index in [1.54, 1.807) is 22.9 Å². The van der Waals surface area contributed by atoms with Crippen molar-refractivity contribution in [2.24, 2.45) is 0 Å². The quantitative estimate of drug-likeness (QED) is 0.352. The summed E-state index contributed by atoms with van der Waals surface area (Å²) in [6.07, 6.45) is 0. The molecule has 0 aromatic heterocycles. The Morgan fingerprint density at radius 2 is 1.50 bits per heavy atom. The van der Waals surface area contributed by atoms with Crippen molar-refractivity contribution in [2.75, 3.05) is 0 Å². The van der Waals surface area contributed by atoms with Gasteiger partial charge in [-0.2, -0.15) is 0 Å². The summed E-state index contributed by atoms with van der Waals surface area (Å²) < 4.78 is 0. The Morgan fingerprint density at radius 1 is 1.08 bits per heavy atom. The summed E-state index contributed by atoms with van der Waals surface area (Å²) in [4.78, 5) is 0. The second kappa shape index (κ2) is 6.53. The summed E-state index contributed by atoms with van der Waals surface area (Å²) in [5, 5.41) is 0. The Hall–Kier alpha value is 1.09. The monoisotopic (exact) mass is 409 g/mol. The average molecular weight is 409 g/mol. The third kappa shape index (κ3) is 3.45. The molecule has 4 heteroatoms. The molecule has 0 spiro atoms. The molecule has 0 unspecified atom stereocenters. The first kappa shape index (κ1) is 11.2. The topological polar surface area (TPSA) is 0 Å². The summed E-state index contributed by atoms with van der Waals surface area (Å²) in [6.45, 7) is 0. The third-order valence-electron chi connectivity index (χ3n) is 1.68. The van der Waals surface area contributed by atoms with Crippen LogP contribution in [0.1, 0.15) is 11.1 Å². The largest absolute Gasteiger partial charge is 0.131 e. The first-order valence-corrected chi connectivity index (χ1v) is 18.5.